The Morgan fingerprint density at radius 2 is 1.96 bits per heavy atom. The molecule has 0 atom stereocenters. The Hall–Kier alpha value is -3.05. The zero-order chi connectivity index (χ0) is 18.8. The van der Waals surface area contributed by atoms with Gasteiger partial charge in [0, 0.05) is 29.2 Å². The number of aliphatic imine (C=N–C) groups is 1. The number of fused-ring (bicyclic) bond motifs is 1. The number of carbonyl (C=O) groups excluding carboxylic acids is 1. The monoisotopic (exact) mass is 373 g/mol. The van der Waals surface area contributed by atoms with Gasteiger partial charge in [-0.15, -0.1) is 6.58 Å². The van der Waals surface area contributed by atoms with Gasteiger partial charge in [-0.2, -0.15) is 0 Å². The van der Waals surface area contributed by atoms with E-state index in [9.17, 15) is 4.79 Å². The molecule has 1 aliphatic rings. The van der Waals surface area contributed by atoms with Crippen LogP contribution >= 0.6 is 11.8 Å². The number of thioether (sulfide) groups is 1. The molecule has 2 heterocycles. The third-order valence-corrected chi connectivity index (χ3v) is 5.26. The molecule has 134 valence electrons. The van der Waals surface area contributed by atoms with Gasteiger partial charge in [0.25, 0.3) is 5.91 Å². The summed E-state index contributed by atoms with van der Waals surface area (Å²) in [5.41, 5.74) is 4.15. The Morgan fingerprint density at radius 3 is 2.74 bits per heavy atom. The van der Waals surface area contributed by atoms with E-state index in [1.165, 1.54) is 17.3 Å². The van der Waals surface area contributed by atoms with Gasteiger partial charge in [-0.05, 0) is 43.0 Å². The SMILES string of the molecule is C=CCn1cc(C=C2SC(=Nc3ccc(C)cc3)NC2=O)c2ccccc21. The van der Waals surface area contributed by atoms with Crippen LogP contribution in [0.3, 0.4) is 0 Å². The molecule has 0 radical (unpaired) electrons. The summed E-state index contributed by atoms with van der Waals surface area (Å²) in [6.45, 7) is 6.58. The third kappa shape index (κ3) is 3.59. The van der Waals surface area contributed by atoms with E-state index in [2.05, 4.69) is 39.8 Å². The van der Waals surface area contributed by atoms with Crippen LogP contribution in [0.15, 0.2) is 77.3 Å². The molecule has 0 saturated carbocycles. The predicted molar refractivity (Wildman–Crippen MR) is 114 cm³/mol. The second kappa shape index (κ2) is 7.29. The summed E-state index contributed by atoms with van der Waals surface area (Å²) in [5, 5.41) is 4.57. The standard InChI is InChI=1S/C22H19N3OS/c1-3-12-25-14-16(18-6-4-5-7-19(18)25)13-20-21(26)24-22(27-20)23-17-10-8-15(2)9-11-17/h3-11,13-14H,1,12H2,2H3,(H,23,24,26). The van der Waals surface area contributed by atoms with E-state index in [1.807, 2.05) is 55.5 Å². The number of nitrogens with one attached hydrogen (secondary N) is 1. The lowest BCUT2D eigenvalue weighted by Crippen LogP contribution is -2.19. The lowest BCUT2D eigenvalue weighted by atomic mass is 10.1. The van der Waals surface area contributed by atoms with Crippen molar-refractivity contribution in [3.63, 3.8) is 0 Å². The van der Waals surface area contributed by atoms with Crippen LogP contribution in [0, 0.1) is 6.92 Å². The molecule has 1 N–H and O–H groups in total. The number of aryl methyl sites for hydroxylation is 1. The van der Waals surface area contributed by atoms with Crippen LogP contribution in [0.25, 0.3) is 17.0 Å². The van der Waals surface area contributed by atoms with Crippen LogP contribution < -0.4 is 5.32 Å². The highest BCUT2D eigenvalue weighted by Crippen LogP contribution is 2.31. The first-order valence-electron chi connectivity index (χ1n) is 8.69. The van der Waals surface area contributed by atoms with Gasteiger partial charge < -0.3 is 9.88 Å². The van der Waals surface area contributed by atoms with Crippen LogP contribution in [0.4, 0.5) is 5.69 Å². The number of hydrogen-bond donors (Lipinski definition) is 1. The number of amides is 1. The number of carbonyl (C=O) groups is 1. The second-order valence-electron chi connectivity index (χ2n) is 6.36. The smallest absolute Gasteiger partial charge is 0.264 e. The molecule has 3 aromatic rings. The predicted octanol–water partition coefficient (Wildman–Crippen LogP) is 5.03. The average Bonchev–Trinajstić information content (AvgIpc) is 3.19. The van der Waals surface area contributed by atoms with E-state index in [1.54, 1.807) is 0 Å². The highest BCUT2D eigenvalue weighted by molar-refractivity contribution is 8.18. The molecular weight excluding hydrogens is 354 g/mol. The van der Waals surface area contributed by atoms with Gasteiger partial charge in [-0.25, -0.2) is 4.99 Å². The Bertz CT molecular complexity index is 1090. The van der Waals surface area contributed by atoms with Crippen molar-refractivity contribution in [2.75, 3.05) is 0 Å². The van der Waals surface area contributed by atoms with Gasteiger partial charge >= 0.3 is 0 Å². The Labute approximate surface area is 162 Å². The number of benzene rings is 2. The fourth-order valence-electron chi connectivity index (χ4n) is 3.04. The lowest BCUT2D eigenvalue weighted by Gasteiger charge is -1.98. The first-order chi connectivity index (χ1) is 13.1. The van der Waals surface area contributed by atoms with E-state index in [0.717, 1.165) is 28.7 Å². The van der Waals surface area contributed by atoms with Gasteiger partial charge in [0.15, 0.2) is 5.17 Å². The number of hydrogen-bond acceptors (Lipinski definition) is 3. The molecule has 0 unspecified atom stereocenters. The largest absolute Gasteiger partial charge is 0.343 e. The summed E-state index contributed by atoms with van der Waals surface area (Å²) >= 11 is 1.36. The van der Waals surface area contributed by atoms with Crippen molar-refractivity contribution in [3.05, 3.63) is 83.4 Å². The number of rotatable bonds is 4. The van der Waals surface area contributed by atoms with Crippen molar-refractivity contribution in [2.45, 2.75) is 13.5 Å². The summed E-state index contributed by atoms with van der Waals surface area (Å²) in [6.07, 6.45) is 5.86. The maximum atomic E-state index is 12.4. The van der Waals surface area contributed by atoms with E-state index < -0.39 is 0 Å². The number of para-hydroxylation sites is 1. The fourth-order valence-corrected chi connectivity index (χ4v) is 3.87. The number of aromatic nitrogens is 1. The summed E-state index contributed by atoms with van der Waals surface area (Å²) in [7, 11) is 0. The Balaban J connectivity index is 1.67. The molecule has 1 aliphatic heterocycles. The van der Waals surface area contributed by atoms with Crippen LogP contribution in [0.5, 0.6) is 0 Å². The average molecular weight is 373 g/mol. The molecule has 2 aromatic carbocycles. The summed E-state index contributed by atoms with van der Waals surface area (Å²) in [6, 6.07) is 16.1. The molecule has 4 rings (SSSR count). The summed E-state index contributed by atoms with van der Waals surface area (Å²) in [5.74, 6) is -0.119. The van der Waals surface area contributed by atoms with Gasteiger partial charge in [0.05, 0.1) is 10.6 Å². The molecule has 1 fully saturated rings. The van der Waals surface area contributed by atoms with Gasteiger partial charge in [-0.1, -0.05) is 42.0 Å². The second-order valence-corrected chi connectivity index (χ2v) is 7.39. The highest BCUT2D eigenvalue weighted by Gasteiger charge is 2.24. The normalized spacial score (nSPS) is 17.0. The molecular formula is C22H19N3OS. The molecule has 5 heteroatoms. The molecule has 4 nitrogen and oxygen atoms in total. The van der Waals surface area contributed by atoms with Gasteiger partial charge in [0.1, 0.15) is 0 Å². The zero-order valence-electron chi connectivity index (χ0n) is 15.0. The van der Waals surface area contributed by atoms with Crippen LogP contribution in [-0.4, -0.2) is 15.6 Å². The van der Waals surface area contributed by atoms with Gasteiger partial charge in [-0.3, -0.25) is 4.79 Å². The highest BCUT2D eigenvalue weighted by atomic mass is 32.2. The minimum absolute atomic E-state index is 0.119. The molecule has 1 saturated heterocycles. The zero-order valence-corrected chi connectivity index (χ0v) is 15.8. The van der Waals surface area contributed by atoms with Crippen LogP contribution in [0.2, 0.25) is 0 Å². The first kappa shape index (κ1) is 17.4. The number of amidine groups is 1. The van der Waals surface area contributed by atoms with Crippen molar-refractivity contribution >= 4 is 45.5 Å². The van der Waals surface area contributed by atoms with Crippen molar-refractivity contribution in [1.82, 2.24) is 9.88 Å². The minimum Gasteiger partial charge on any atom is -0.343 e. The topological polar surface area (TPSA) is 46.4 Å². The minimum atomic E-state index is -0.119. The molecule has 0 spiro atoms. The van der Waals surface area contributed by atoms with E-state index >= 15 is 0 Å². The fraction of sp³-hybridized carbons (Fsp3) is 0.0909. The third-order valence-electron chi connectivity index (χ3n) is 4.35. The maximum absolute atomic E-state index is 12.4. The number of allylic oxidation sites excluding steroid dienone is 1. The van der Waals surface area contributed by atoms with Crippen molar-refractivity contribution < 1.29 is 4.79 Å². The van der Waals surface area contributed by atoms with E-state index in [4.69, 9.17) is 0 Å². The Kier molecular flexibility index (Phi) is 4.69. The first-order valence-corrected chi connectivity index (χ1v) is 9.51. The van der Waals surface area contributed by atoms with Crippen LogP contribution in [0.1, 0.15) is 11.1 Å². The van der Waals surface area contributed by atoms with Crippen molar-refractivity contribution in [2.24, 2.45) is 4.99 Å². The molecule has 1 amide bonds. The van der Waals surface area contributed by atoms with Crippen molar-refractivity contribution in [1.29, 1.82) is 0 Å². The van der Waals surface area contributed by atoms with Crippen molar-refractivity contribution in [3.8, 4) is 0 Å². The van der Waals surface area contributed by atoms with E-state index in [-0.39, 0.29) is 5.91 Å². The molecule has 27 heavy (non-hydrogen) atoms. The van der Waals surface area contributed by atoms with E-state index in [0.29, 0.717) is 10.1 Å². The summed E-state index contributed by atoms with van der Waals surface area (Å²) < 4.78 is 2.13. The van der Waals surface area contributed by atoms with Crippen LogP contribution in [-0.2, 0) is 11.3 Å². The molecule has 0 aliphatic carbocycles. The quantitative estimate of drug-likeness (QED) is 0.515. The lowest BCUT2D eigenvalue weighted by molar-refractivity contribution is -0.115. The molecule has 0 bridgehead atoms. The number of nitrogens with zero attached hydrogens (tertiary/aromatic N) is 2. The maximum Gasteiger partial charge on any atom is 0.264 e. The Morgan fingerprint density at radius 1 is 1.19 bits per heavy atom. The molecule has 1 aromatic heterocycles. The van der Waals surface area contributed by atoms with Gasteiger partial charge in [0.2, 0.25) is 0 Å². The summed E-state index contributed by atoms with van der Waals surface area (Å²) in [4.78, 5) is 17.6.